The largest absolute Gasteiger partial charge is 0.418 e. The van der Waals surface area contributed by atoms with Crippen molar-refractivity contribution in [2.24, 2.45) is 0 Å². The van der Waals surface area contributed by atoms with Gasteiger partial charge in [0.05, 0.1) is 29.9 Å². The van der Waals surface area contributed by atoms with Crippen molar-refractivity contribution in [3.8, 4) is 0 Å². The molecule has 2 N–H and O–H groups in total. The van der Waals surface area contributed by atoms with Gasteiger partial charge in [0, 0.05) is 32.2 Å². The Bertz CT molecular complexity index is 1070. The molecular formula is C22H21F5N4O3. The molecule has 0 unspecified atom stereocenters. The molecule has 0 bridgehead atoms. The number of benzene rings is 2. The van der Waals surface area contributed by atoms with Crippen molar-refractivity contribution in [1.29, 1.82) is 0 Å². The first-order chi connectivity index (χ1) is 16.0. The van der Waals surface area contributed by atoms with Crippen molar-refractivity contribution in [3.63, 3.8) is 0 Å². The topological polar surface area (TPSA) is 81.8 Å². The van der Waals surface area contributed by atoms with Crippen LogP contribution in [0, 0.1) is 11.6 Å². The predicted octanol–water partition coefficient (Wildman–Crippen LogP) is 2.50. The van der Waals surface area contributed by atoms with Gasteiger partial charge in [-0.2, -0.15) is 13.2 Å². The summed E-state index contributed by atoms with van der Waals surface area (Å²) in [4.78, 5) is 39.7. The van der Waals surface area contributed by atoms with E-state index >= 15 is 0 Å². The van der Waals surface area contributed by atoms with Crippen molar-refractivity contribution in [2.45, 2.75) is 6.18 Å². The Morgan fingerprint density at radius 1 is 0.941 bits per heavy atom. The monoisotopic (exact) mass is 484 g/mol. The van der Waals surface area contributed by atoms with Crippen molar-refractivity contribution < 1.29 is 36.3 Å². The van der Waals surface area contributed by atoms with E-state index in [0.29, 0.717) is 19.2 Å². The van der Waals surface area contributed by atoms with E-state index in [9.17, 15) is 36.3 Å². The van der Waals surface area contributed by atoms with Gasteiger partial charge in [0.1, 0.15) is 11.6 Å². The molecule has 0 aromatic heterocycles. The lowest BCUT2D eigenvalue weighted by Gasteiger charge is -2.34. The van der Waals surface area contributed by atoms with E-state index in [-0.39, 0.29) is 25.3 Å². The zero-order chi connectivity index (χ0) is 24.9. The van der Waals surface area contributed by atoms with Gasteiger partial charge in [-0.05, 0) is 24.3 Å². The molecule has 7 nitrogen and oxygen atoms in total. The van der Waals surface area contributed by atoms with E-state index in [0.717, 1.165) is 18.2 Å². The maximum atomic E-state index is 13.7. The van der Waals surface area contributed by atoms with Gasteiger partial charge in [-0.1, -0.05) is 12.1 Å². The third-order valence-corrected chi connectivity index (χ3v) is 5.17. The fourth-order valence-electron chi connectivity index (χ4n) is 3.42. The van der Waals surface area contributed by atoms with E-state index < -0.39 is 53.2 Å². The van der Waals surface area contributed by atoms with Crippen LogP contribution in [-0.4, -0.2) is 66.8 Å². The maximum Gasteiger partial charge on any atom is 0.418 e. The van der Waals surface area contributed by atoms with Crippen LogP contribution in [0.25, 0.3) is 0 Å². The highest BCUT2D eigenvalue weighted by Crippen LogP contribution is 2.34. The summed E-state index contributed by atoms with van der Waals surface area (Å²) in [6.07, 6.45) is -4.60. The summed E-state index contributed by atoms with van der Waals surface area (Å²) in [5, 5.41) is 4.55. The second-order valence-electron chi connectivity index (χ2n) is 7.56. The molecule has 1 heterocycles. The number of amides is 3. The summed E-state index contributed by atoms with van der Waals surface area (Å²) in [6, 6.07) is 7.13. The number of nitrogens with zero attached hydrogens (tertiary/aromatic N) is 2. The SMILES string of the molecule is O=C(CN1CCN(C(=O)CNC(=O)c2ccc(F)cc2F)CC1)Nc1ccccc1C(F)(F)F. The number of carbonyl (C=O) groups excluding carboxylic acids is 3. The Hall–Kier alpha value is -3.54. The molecule has 0 spiro atoms. The molecule has 2 aromatic rings. The van der Waals surface area contributed by atoms with E-state index in [4.69, 9.17) is 0 Å². The number of hydrogen-bond acceptors (Lipinski definition) is 4. The highest BCUT2D eigenvalue weighted by Gasteiger charge is 2.33. The average molecular weight is 484 g/mol. The van der Waals surface area contributed by atoms with Crippen LogP contribution in [0.4, 0.5) is 27.6 Å². The number of alkyl halides is 3. The normalized spacial score (nSPS) is 14.6. The molecule has 182 valence electrons. The molecule has 2 aromatic carbocycles. The number of piperazine rings is 1. The number of para-hydroxylation sites is 1. The van der Waals surface area contributed by atoms with Crippen LogP contribution in [0.5, 0.6) is 0 Å². The van der Waals surface area contributed by atoms with Gasteiger partial charge >= 0.3 is 6.18 Å². The zero-order valence-corrected chi connectivity index (χ0v) is 17.8. The number of carbonyl (C=O) groups is 3. The van der Waals surface area contributed by atoms with E-state index in [1.807, 2.05) is 0 Å². The predicted molar refractivity (Wildman–Crippen MR) is 112 cm³/mol. The Labute approximate surface area is 191 Å². The Kier molecular flexibility index (Phi) is 7.82. The Morgan fingerprint density at radius 2 is 1.62 bits per heavy atom. The van der Waals surface area contributed by atoms with Crippen LogP contribution >= 0.6 is 0 Å². The molecule has 34 heavy (non-hydrogen) atoms. The molecule has 1 aliphatic heterocycles. The molecule has 0 atom stereocenters. The van der Waals surface area contributed by atoms with Crippen molar-refractivity contribution >= 4 is 23.4 Å². The van der Waals surface area contributed by atoms with Gasteiger partial charge in [0.15, 0.2) is 0 Å². The summed E-state index contributed by atoms with van der Waals surface area (Å²) < 4.78 is 65.8. The van der Waals surface area contributed by atoms with Crippen LogP contribution in [0.15, 0.2) is 42.5 Å². The lowest BCUT2D eigenvalue weighted by Crippen LogP contribution is -2.52. The minimum Gasteiger partial charge on any atom is -0.343 e. The maximum absolute atomic E-state index is 13.7. The fraction of sp³-hybridized carbons (Fsp3) is 0.318. The van der Waals surface area contributed by atoms with Gasteiger partial charge in [0.2, 0.25) is 11.8 Å². The van der Waals surface area contributed by atoms with Gasteiger partial charge in [-0.3, -0.25) is 19.3 Å². The number of halogens is 5. The summed E-state index contributed by atoms with van der Waals surface area (Å²) in [7, 11) is 0. The van der Waals surface area contributed by atoms with Crippen molar-refractivity contribution in [2.75, 3.05) is 44.6 Å². The van der Waals surface area contributed by atoms with Crippen LogP contribution in [0.3, 0.4) is 0 Å². The highest BCUT2D eigenvalue weighted by atomic mass is 19.4. The summed E-state index contributed by atoms with van der Waals surface area (Å²) in [5.74, 6) is -3.79. The molecule has 1 saturated heterocycles. The van der Waals surface area contributed by atoms with E-state index in [1.54, 1.807) is 4.90 Å². The first-order valence-corrected chi connectivity index (χ1v) is 10.2. The molecule has 1 aliphatic rings. The van der Waals surface area contributed by atoms with Gasteiger partial charge in [-0.25, -0.2) is 8.78 Å². The third kappa shape index (κ3) is 6.50. The van der Waals surface area contributed by atoms with Crippen LogP contribution < -0.4 is 10.6 Å². The highest BCUT2D eigenvalue weighted by molar-refractivity contribution is 5.96. The first-order valence-electron chi connectivity index (χ1n) is 10.2. The molecule has 0 aliphatic carbocycles. The van der Waals surface area contributed by atoms with Crippen molar-refractivity contribution in [1.82, 2.24) is 15.1 Å². The fourth-order valence-corrected chi connectivity index (χ4v) is 3.42. The van der Waals surface area contributed by atoms with Crippen LogP contribution in [-0.2, 0) is 15.8 Å². The number of anilines is 1. The molecule has 3 amide bonds. The second kappa shape index (κ2) is 10.6. The molecule has 12 heteroatoms. The molecule has 0 saturated carbocycles. The smallest absolute Gasteiger partial charge is 0.343 e. The van der Waals surface area contributed by atoms with E-state index in [1.165, 1.54) is 23.1 Å². The summed E-state index contributed by atoms with van der Waals surface area (Å²) in [5.41, 5.74) is -1.67. The van der Waals surface area contributed by atoms with Gasteiger partial charge in [-0.15, -0.1) is 0 Å². The minimum absolute atomic E-state index is 0.158. The quantitative estimate of drug-likeness (QED) is 0.618. The molecule has 1 fully saturated rings. The summed E-state index contributed by atoms with van der Waals surface area (Å²) in [6.45, 7) is 0.485. The molecular weight excluding hydrogens is 463 g/mol. The lowest BCUT2D eigenvalue weighted by molar-refractivity contribution is -0.137. The number of rotatable bonds is 6. The van der Waals surface area contributed by atoms with Crippen molar-refractivity contribution in [3.05, 3.63) is 65.2 Å². The Morgan fingerprint density at radius 3 is 2.26 bits per heavy atom. The van der Waals surface area contributed by atoms with Gasteiger partial charge in [0.25, 0.3) is 5.91 Å². The Balaban J connectivity index is 1.45. The molecule has 0 radical (unpaired) electrons. The molecule has 3 rings (SSSR count). The number of hydrogen-bond donors (Lipinski definition) is 2. The lowest BCUT2D eigenvalue weighted by atomic mass is 10.1. The first kappa shape index (κ1) is 25.1. The second-order valence-corrected chi connectivity index (χ2v) is 7.56. The standard InChI is InChI=1S/C22H21F5N4O3/c23-14-5-6-15(17(24)11-14)21(34)28-12-20(33)31-9-7-30(8-10-31)13-19(32)29-18-4-2-1-3-16(18)22(25,26)27/h1-6,11H,7-10,12-13H2,(H,28,34)(H,29,32). The number of nitrogens with one attached hydrogen (secondary N) is 2. The average Bonchev–Trinajstić information content (AvgIpc) is 2.77. The zero-order valence-electron chi connectivity index (χ0n) is 17.8. The minimum atomic E-state index is -4.60. The van der Waals surface area contributed by atoms with E-state index in [2.05, 4.69) is 10.6 Å². The van der Waals surface area contributed by atoms with Gasteiger partial charge < -0.3 is 15.5 Å². The van der Waals surface area contributed by atoms with Crippen LogP contribution in [0.2, 0.25) is 0 Å². The third-order valence-electron chi connectivity index (χ3n) is 5.17. The van der Waals surface area contributed by atoms with Crippen LogP contribution in [0.1, 0.15) is 15.9 Å². The summed E-state index contributed by atoms with van der Waals surface area (Å²) >= 11 is 0.